The highest BCUT2D eigenvalue weighted by Gasteiger charge is 2.41. The third-order valence-corrected chi connectivity index (χ3v) is 16.0. The van der Waals surface area contributed by atoms with Gasteiger partial charge in [-0.25, -0.2) is 0 Å². The number of esters is 1. The standard InChI is InChI=1S/C24H42O4Si2/c1-17-14-19(27-29(8,9)23(2,3)4)16-21(28-30(10,11)24(5,6)7)20(17)15-18-12-13-26-22(18)25/h14,16,18H,12-13,15H2,1-11H3. The molecule has 0 spiro atoms. The molecule has 1 aliphatic rings. The molecule has 0 N–H and O–H groups in total. The maximum Gasteiger partial charge on any atom is 0.309 e. The zero-order chi connectivity index (χ0) is 23.1. The smallest absolute Gasteiger partial charge is 0.309 e. The summed E-state index contributed by atoms with van der Waals surface area (Å²) < 4.78 is 18.6. The fraction of sp³-hybridized carbons (Fsp3) is 0.708. The number of carbonyl (C=O) groups is 1. The lowest BCUT2D eigenvalue weighted by Crippen LogP contribution is -2.44. The Morgan fingerprint density at radius 3 is 1.97 bits per heavy atom. The highest BCUT2D eigenvalue weighted by molar-refractivity contribution is 6.75. The van der Waals surface area contributed by atoms with Crippen LogP contribution in [0.5, 0.6) is 11.5 Å². The van der Waals surface area contributed by atoms with Gasteiger partial charge in [-0.05, 0) is 73.2 Å². The molecule has 1 aliphatic heterocycles. The molecule has 0 aromatic heterocycles. The van der Waals surface area contributed by atoms with E-state index in [0.717, 1.165) is 29.0 Å². The van der Waals surface area contributed by atoms with Crippen LogP contribution < -0.4 is 8.85 Å². The third-order valence-electron chi connectivity index (χ3n) is 7.25. The first-order valence-corrected chi connectivity index (χ1v) is 16.9. The van der Waals surface area contributed by atoms with E-state index in [-0.39, 0.29) is 22.0 Å². The van der Waals surface area contributed by atoms with E-state index in [2.05, 4.69) is 86.8 Å². The number of cyclic esters (lactones) is 1. The van der Waals surface area contributed by atoms with E-state index in [4.69, 9.17) is 13.6 Å². The molecule has 6 heteroatoms. The monoisotopic (exact) mass is 450 g/mol. The highest BCUT2D eigenvalue weighted by atomic mass is 28.4. The van der Waals surface area contributed by atoms with Gasteiger partial charge >= 0.3 is 5.97 Å². The lowest BCUT2D eigenvalue weighted by molar-refractivity contribution is -0.141. The molecule has 170 valence electrons. The van der Waals surface area contributed by atoms with E-state index in [0.29, 0.717) is 13.0 Å². The second-order valence-corrected chi connectivity index (χ2v) is 21.2. The molecule has 4 nitrogen and oxygen atoms in total. The summed E-state index contributed by atoms with van der Waals surface area (Å²) in [5.41, 5.74) is 2.24. The minimum atomic E-state index is -2.05. The molecule has 0 radical (unpaired) electrons. The molecule has 1 fully saturated rings. The molecular weight excluding hydrogens is 408 g/mol. The van der Waals surface area contributed by atoms with Gasteiger partial charge in [-0.1, -0.05) is 41.5 Å². The number of benzene rings is 1. The van der Waals surface area contributed by atoms with Crippen molar-refractivity contribution in [3.63, 3.8) is 0 Å². The minimum Gasteiger partial charge on any atom is -0.543 e. The van der Waals surface area contributed by atoms with Crippen LogP contribution in [0.15, 0.2) is 12.1 Å². The van der Waals surface area contributed by atoms with Crippen LogP contribution in [0.25, 0.3) is 0 Å². The quantitative estimate of drug-likeness (QED) is 0.350. The van der Waals surface area contributed by atoms with Crippen LogP contribution in [0.4, 0.5) is 0 Å². The first-order valence-electron chi connectivity index (χ1n) is 11.1. The highest BCUT2D eigenvalue weighted by Crippen LogP contribution is 2.43. The zero-order valence-corrected chi connectivity index (χ0v) is 23.0. The van der Waals surface area contributed by atoms with Crippen LogP contribution in [-0.2, 0) is 16.0 Å². The van der Waals surface area contributed by atoms with Gasteiger partial charge in [0.05, 0.1) is 12.5 Å². The summed E-state index contributed by atoms with van der Waals surface area (Å²) >= 11 is 0. The largest absolute Gasteiger partial charge is 0.543 e. The summed E-state index contributed by atoms with van der Waals surface area (Å²) in [6.07, 6.45) is 1.44. The number of rotatable bonds is 6. The maximum absolute atomic E-state index is 12.1. The van der Waals surface area contributed by atoms with E-state index in [1.54, 1.807) is 0 Å². The van der Waals surface area contributed by atoms with Crippen LogP contribution >= 0.6 is 0 Å². The summed E-state index contributed by atoms with van der Waals surface area (Å²) in [5.74, 6) is 1.59. The number of hydrogen-bond acceptors (Lipinski definition) is 4. The van der Waals surface area contributed by atoms with E-state index in [9.17, 15) is 4.79 Å². The van der Waals surface area contributed by atoms with Gasteiger partial charge < -0.3 is 13.6 Å². The Hall–Kier alpha value is -1.28. The van der Waals surface area contributed by atoms with Gasteiger partial charge in [0, 0.05) is 6.07 Å². The molecule has 30 heavy (non-hydrogen) atoms. The predicted molar refractivity (Wildman–Crippen MR) is 130 cm³/mol. The SMILES string of the molecule is Cc1cc(O[Si](C)(C)C(C)(C)C)cc(O[Si](C)(C)C(C)(C)C)c1CC1CCOC1=O. The fourth-order valence-corrected chi connectivity index (χ4v) is 5.06. The van der Waals surface area contributed by atoms with Gasteiger partial charge in [-0.15, -0.1) is 0 Å². The van der Waals surface area contributed by atoms with Crippen molar-refractivity contribution in [2.24, 2.45) is 5.92 Å². The Kier molecular flexibility index (Phi) is 6.95. The molecule has 1 heterocycles. The first kappa shape index (κ1) is 25.0. The molecule has 1 unspecified atom stereocenters. The number of aryl methyl sites for hydroxylation is 1. The summed E-state index contributed by atoms with van der Waals surface area (Å²) in [5, 5.41) is 0.203. The Labute approximate surface area is 186 Å². The molecule has 2 rings (SSSR count). The van der Waals surface area contributed by atoms with E-state index >= 15 is 0 Å². The van der Waals surface area contributed by atoms with Gasteiger partial charge in [-0.2, -0.15) is 0 Å². The molecule has 1 saturated heterocycles. The predicted octanol–water partition coefficient (Wildman–Crippen LogP) is 6.87. The topological polar surface area (TPSA) is 44.8 Å². The number of ether oxygens (including phenoxy) is 1. The molecule has 0 saturated carbocycles. The summed E-state index contributed by atoms with van der Waals surface area (Å²) in [4.78, 5) is 12.1. The van der Waals surface area contributed by atoms with Crippen molar-refractivity contribution in [3.05, 3.63) is 23.3 Å². The van der Waals surface area contributed by atoms with Crippen LogP contribution in [0.3, 0.4) is 0 Å². The van der Waals surface area contributed by atoms with Gasteiger partial charge in [0.1, 0.15) is 11.5 Å². The van der Waals surface area contributed by atoms with E-state index in [1.165, 1.54) is 0 Å². The lowest BCUT2D eigenvalue weighted by atomic mass is 9.94. The molecule has 1 aromatic carbocycles. The summed E-state index contributed by atoms with van der Waals surface area (Å²) in [6.45, 7) is 25.2. The normalized spacial score (nSPS) is 18.4. The number of carbonyl (C=O) groups excluding carboxylic acids is 1. The zero-order valence-electron chi connectivity index (χ0n) is 21.0. The lowest BCUT2D eigenvalue weighted by Gasteiger charge is -2.39. The molecule has 0 bridgehead atoms. The first-order chi connectivity index (χ1) is 13.4. The van der Waals surface area contributed by atoms with Crippen molar-refractivity contribution < 1.29 is 18.4 Å². The van der Waals surface area contributed by atoms with Crippen LogP contribution in [0.1, 0.15) is 59.1 Å². The molecule has 1 atom stereocenters. The van der Waals surface area contributed by atoms with Gasteiger partial charge in [0.25, 0.3) is 0 Å². The van der Waals surface area contributed by atoms with Crippen molar-refractivity contribution in [1.82, 2.24) is 0 Å². The Morgan fingerprint density at radius 2 is 1.50 bits per heavy atom. The Morgan fingerprint density at radius 1 is 0.967 bits per heavy atom. The van der Waals surface area contributed by atoms with Gasteiger partial charge in [0.15, 0.2) is 0 Å². The van der Waals surface area contributed by atoms with Crippen LogP contribution in [0.2, 0.25) is 36.3 Å². The molecule has 0 amide bonds. The van der Waals surface area contributed by atoms with Gasteiger partial charge in [-0.3, -0.25) is 4.79 Å². The van der Waals surface area contributed by atoms with Crippen molar-refractivity contribution >= 4 is 22.6 Å². The second-order valence-electron chi connectivity index (χ2n) is 11.8. The molecule has 0 aliphatic carbocycles. The summed E-state index contributed by atoms with van der Waals surface area (Å²) in [6, 6.07) is 4.19. The van der Waals surface area contributed by atoms with Gasteiger partial charge in [0.2, 0.25) is 16.6 Å². The van der Waals surface area contributed by atoms with Crippen molar-refractivity contribution in [2.75, 3.05) is 6.61 Å². The molecular formula is C24H42O4Si2. The average molecular weight is 451 g/mol. The second kappa shape index (κ2) is 8.34. The van der Waals surface area contributed by atoms with Crippen molar-refractivity contribution in [2.45, 2.75) is 97.6 Å². The number of hydrogen-bond donors (Lipinski definition) is 0. The Bertz CT molecular complexity index is 786. The van der Waals surface area contributed by atoms with Crippen molar-refractivity contribution in [3.8, 4) is 11.5 Å². The van der Waals surface area contributed by atoms with Crippen LogP contribution in [0, 0.1) is 12.8 Å². The van der Waals surface area contributed by atoms with E-state index in [1.807, 2.05) is 0 Å². The van der Waals surface area contributed by atoms with E-state index < -0.39 is 16.6 Å². The summed E-state index contributed by atoms with van der Waals surface area (Å²) in [7, 11) is -4.02. The minimum absolute atomic E-state index is 0.0841. The maximum atomic E-state index is 12.1. The Balaban J connectivity index is 2.49. The van der Waals surface area contributed by atoms with Crippen LogP contribution in [-0.4, -0.2) is 29.2 Å². The third kappa shape index (κ3) is 5.50. The van der Waals surface area contributed by atoms with Crippen molar-refractivity contribution in [1.29, 1.82) is 0 Å². The average Bonchev–Trinajstić information content (AvgIpc) is 2.92. The molecule has 1 aromatic rings. The fourth-order valence-electron chi connectivity index (χ4n) is 3.01.